The predicted octanol–water partition coefficient (Wildman–Crippen LogP) is 13.4. The zero-order chi connectivity index (χ0) is 42.2. The summed E-state index contributed by atoms with van der Waals surface area (Å²) in [5.74, 6) is 0. The number of fused-ring (bicyclic) bond motifs is 16. The van der Waals surface area contributed by atoms with Crippen molar-refractivity contribution in [3.8, 4) is 0 Å². The molecule has 2 atom stereocenters. The Morgan fingerprint density at radius 3 is 1.75 bits per heavy atom. The maximum absolute atomic E-state index is 13.9. The SMILES string of the molecule is CC.FC(F)(F)c1cc2ccccc2c2nc3cc4c(cc3n12)C(F)(F)OC4(F)F.c1ccc(C2(c3cc4ccccc4c4nc5cc6c(cc5n34)C3CCC6O3)CC2)cc1. The summed E-state index contributed by atoms with van der Waals surface area (Å²) in [6.07, 6.45) is -8.27. The minimum atomic E-state index is -4.84. The first-order chi connectivity index (χ1) is 29.3. The highest BCUT2D eigenvalue weighted by Crippen LogP contribution is 2.56. The van der Waals surface area contributed by atoms with Crippen molar-refractivity contribution in [2.45, 2.75) is 75.5 Å². The lowest BCUT2D eigenvalue weighted by atomic mass is 9.90. The van der Waals surface area contributed by atoms with Gasteiger partial charge >= 0.3 is 18.4 Å². The predicted molar refractivity (Wildman–Crippen MR) is 218 cm³/mol. The van der Waals surface area contributed by atoms with Crippen LogP contribution in [-0.2, 0) is 33.3 Å². The monoisotopic (exact) mass is 832 g/mol. The number of imidazole rings is 2. The third-order valence-electron chi connectivity index (χ3n) is 12.6. The van der Waals surface area contributed by atoms with Crippen LogP contribution >= 0.6 is 0 Å². The highest BCUT2D eigenvalue weighted by atomic mass is 19.4. The number of benzene rings is 5. The van der Waals surface area contributed by atoms with E-state index in [1.165, 1.54) is 69.7 Å². The van der Waals surface area contributed by atoms with E-state index in [1.54, 1.807) is 6.07 Å². The van der Waals surface area contributed by atoms with Gasteiger partial charge in [-0.1, -0.05) is 92.7 Å². The lowest BCUT2D eigenvalue weighted by Gasteiger charge is -2.20. The average Bonchev–Trinajstić information content (AvgIpc) is 3.54. The van der Waals surface area contributed by atoms with Crippen LogP contribution in [0.25, 0.3) is 54.9 Å². The van der Waals surface area contributed by atoms with E-state index in [4.69, 9.17) is 9.72 Å². The molecule has 61 heavy (non-hydrogen) atoms. The van der Waals surface area contributed by atoms with Gasteiger partial charge in [0.1, 0.15) is 17.0 Å². The Balaban J connectivity index is 0.000000133. The maximum Gasteiger partial charge on any atom is 0.431 e. The lowest BCUT2D eigenvalue weighted by Crippen LogP contribution is -2.17. The molecule has 2 fully saturated rings. The van der Waals surface area contributed by atoms with Crippen LogP contribution in [0.1, 0.15) is 90.9 Å². The van der Waals surface area contributed by atoms with Crippen molar-refractivity contribution >= 4 is 54.9 Å². The second-order valence-corrected chi connectivity index (χ2v) is 15.9. The quantitative estimate of drug-likeness (QED) is 0.163. The van der Waals surface area contributed by atoms with Crippen LogP contribution in [0.2, 0.25) is 0 Å². The Morgan fingerprint density at radius 1 is 0.607 bits per heavy atom. The number of pyridine rings is 2. The molecule has 0 radical (unpaired) electrons. The van der Waals surface area contributed by atoms with Gasteiger partial charge in [-0.05, 0) is 89.5 Å². The van der Waals surface area contributed by atoms with Gasteiger partial charge in [0.2, 0.25) is 0 Å². The molecule has 3 aliphatic heterocycles. The minimum absolute atomic E-state index is 0.0751. The van der Waals surface area contributed by atoms with Crippen LogP contribution in [0.5, 0.6) is 0 Å². The second-order valence-electron chi connectivity index (χ2n) is 15.9. The van der Waals surface area contributed by atoms with Crippen LogP contribution in [0, 0.1) is 0 Å². The maximum atomic E-state index is 13.9. The first-order valence-corrected chi connectivity index (χ1v) is 20.3. The molecule has 13 rings (SSSR count). The highest BCUT2D eigenvalue weighted by Gasteiger charge is 2.58. The Bertz CT molecular complexity index is 3260. The fraction of sp³-hybridized carbons (Fsp3) is 0.250. The van der Waals surface area contributed by atoms with Gasteiger partial charge in [0.05, 0.1) is 45.4 Å². The van der Waals surface area contributed by atoms with Crippen molar-refractivity contribution in [2.75, 3.05) is 0 Å². The van der Waals surface area contributed by atoms with E-state index in [9.17, 15) is 30.7 Å². The van der Waals surface area contributed by atoms with Crippen LogP contribution in [0.3, 0.4) is 0 Å². The summed E-state index contributed by atoms with van der Waals surface area (Å²) < 4.78 is 109. The molecule has 1 saturated carbocycles. The topological polar surface area (TPSA) is 53.1 Å². The van der Waals surface area contributed by atoms with E-state index >= 15 is 0 Å². The number of alkyl halides is 7. The molecule has 0 N–H and O–H groups in total. The van der Waals surface area contributed by atoms with Crippen LogP contribution in [0.4, 0.5) is 30.7 Å². The average molecular weight is 833 g/mol. The third-order valence-corrected chi connectivity index (χ3v) is 12.6. The molecule has 2 unspecified atom stereocenters. The number of ether oxygens (including phenoxy) is 2. The van der Waals surface area contributed by atoms with Gasteiger partial charge in [0.15, 0.2) is 0 Å². The summed E-state index contributed by atoms with van der Waals surface area (Å²) in [5, 5.41) is 3.05. The first kappa shape index (κ1) is 37.9. The molecule has 4 aliphatic rings. The number of aromatic nitrogens is 4. The van der Waals surface area contributed by atoms with Crippen molar-refractivity contribution in [2.24, 2.45) is 0 Å². The molecule has 1 aliphatic carbocycles. The summed E-state index contributed by atoms with van der Waals surface area (Å²) in [4.78, 5) is 9.24. The lowest BCUT2D eigenvalue weighted by molar-refractivity contribution is -0.369. The van der Waals surface area contributed by atoms with Gasteiger partial charge in [0, 0.05) is 21.9 Å². The molecular formula is C48H35F7N4O2. The summed E-state index contributed by atoms with van der Waals surface area (Å²) in [6.45, 7) is 4.00. The van der Waals surface area contributed by atoms with Crippen molar-refractivity contribution in [3.63, 3.8) is 0 Å². The van der Waals surface area contributed by atoms with Gasteiger partial charge in [-0.2, -0.15) is 30.7 Å². The molecule has 13 heteroatoms. The van der Waals surface area contributed by atoms with Crippen molar-refractivity contribution < 1.29 is 40.2 Å². The first-order valence-electron chi connectivity index (χ1n) is 20.3. The van der Waals surface area contributed by atoms with E-state index in [1.807, 2.05) is 13.8 Å². The summed E-state index contributed by atoms with van der Waals surface area (Å²) >= 11 is 0. The van der Waals surface area contributed by atoms with Crippen LogP contribution < -0.4 is 0 Å². The normalized spacial score (nSPS) is 20.2. The Morgan fingerprint density at radius 2 is 1.13 bits per heavy atom. The van der Waals surface area contributed by atoms with E-state index < -0.39 is 35.2 Å². The molecule has 7 heterocycles. The number of nitrogens with zero attached hydrogens (tertiary/aromatic N) is 4. The molecule has 308 valence electrons. The van der Waals surface area contributed by atoms with E-state index in [0.717, 1.165) is 30.1 Å². The van der Waals surface area contributed by atoms with Gasteiger partial charge in [0.25, 0.3) is 0 Å². The van der Waals surface area contributed by atoms with Crippen molar-refractivity contribution in [1.29, 1.82) is 0 Å². The van der Waals surface area contributed by atoms with Crippen LogP contribution in [-0.4, -0.2) is 18.8 Å². The highest BCUT2D eigenvalue weighted by molar-refractivity contribution is 6.00. The second kappa shape index (κ2) is 13.0. The minimum Gasteiger partial charge on any atom is -0.366 e. The smallest absolute Gasteiger partial charge is 0.366 e. The van der Waals surface area contributed by atoms with Crippen molar-refractivity contribution in [3.05, 3.63) is 154 Å². The zero-order valence-electron chi connectivity index (χ0n) is 32.7. The Labute approximate surface area is 343 Å². The molecule has 6 nitrogen and oxygen atoms in total. The third kappa shape index (κ3) is 5.55. The summed E-state index contributed by atoms with van der Waals surface area (Å²) in [7, 11) is 0. The Hall–Kier alpha value is -6.05. The molecule has 1 saturated heterocycles. The van der Waals surface area contributed by atoms with Gasteiger partial charge in [-0.25, -0.2) is 14.7 Å². The number of hydrogen-bond acceptors (Lipinski definition) is 4. The van der Waals surface area contributed by atoms with Gasteiger partial charge < -0.3 is 4.74 Å². The number of halogens is 7. The van der Waals surface area contributed by atoms with E-state index in [0.29, 0.717) is 21.9 Å². The largest absolute Gasteiger partial charge is 0.431 e. The van der Waals surface area contributed by atoms with E-state index in [2.05, 4.69) is 86.9 Å². The fourth-order valence-corrected chi connectivity index (χ4v) is 9.75. The summed E-state index contributed by atoms with van der Waals surface area (Å²) in [5.41, 5.74) is 4.74. The number of rotatable bonds is 2. The summed E-state index contributed by atoms with van der Waals surface area (Å²) in [6, 6.07) is 35.0. The molecular weight excluding hydrogens is 798 g/mol. The van der Waals surface area contributed by atoms with E-state index in [-0.39, 0.29) is 39.7 Å². The molecule has 2 bridgehead atoms. The zero-order valence-corrected chi connectivity index (χ0v) is 32.7. The van der Waals surface area contributed by atoms with Crippen LogP contribution in [0.15, 0.2) is 115 Å². The van der Waals surface area contributed by atoms with Gasteiger partial charge in [-0.3, -0.25) is 8.80 Å². The molecule has 5 aromatic carbocycles. The van der Waals surface area contributed by atoms with Gasteiger partial charge in [-0.15, -0.1) is 0 Å². The standard InChI is InChI=1S/C28H22N2O.C18H7F7N2O.C2H6/c1-2-7-18(8-3-1)28(12-13-28)26-14-17-6-4-5-9-19(17)27-29-22-15-20-21(16-23(22)30(26)27)25-11-10-24(20)31-25;19-16(20,21)14-5-8-3-1-2-4-9(8)15-26-12-6-10-11(7-13(12)27(14)15)18(24,25)28-17(10,22)23;1-2/h1-9,14-16,24-25H,10-13H2;1-7H;1-2H3. The fourth-order valence-electron chi connectivity index (χ4n) is 9.75. The Kier molecular flexibility index (Phi) is 8.07. The number of hydrogen-bond donors (Lipinski definition) is 0. The molecule has 4 aromatic heterocycles. The molecule has 0 amide bonds. The van der Waals surface area contributed by atoms with Crippen molar-refractivity contribution in [1.82, 2.24) is 18.8 Å². The molecule has 9 aromatic rings. The molecule has 0 spiro atoms.